The van der Waals surface area contributed by atoms with Crippen LogP contribution in [0.4, 0.5) is 11.8 Å². The lowest BCUT2D eigenvalue weighted by Crippen LogP contribution is -2.27. The van der Waals surface area contributed by atoms with E-state index >= 15 is 0 Å². The molecule has 0 saturated carbocycles. The van der Waals surface area contributed by atoms with Crippen molar-refractivity contribution in [2.45, 2.75) is 44.6 Å². The van der Waals surface area contributed by atoms with Crippen molar-refractivity contribution in [1.29, 1.82) is 0 Å². The van der Waals surface area contributed by atoms with Crippen LogP contribution in [0, 0.1) is 0 Å². The summed E-state index contributed by atoms with van der Waals surface area (Å²) in [6.45, 7) is 2.15. The predicted molar refractivity (Wildman–Crippen MR) is 103 cm³/mol. The maximum absolute atomic E-state index is 6.04. The number of hydrogen-bond donors (Lipinski definition) is 2. The lowest BCUT2D eigenvalue weighted by molar-refractivity contribution is 0.301. The van der Waals surface area contributed by atoms with Crippen LogP contribution in [0.3, 0.4) is 0 Å². The van der Waals surface area contributed by atoms with Crippen LogP contribution in [0.1, 0.15) is 36.8 Å². The lowest BCUT2D eigenvalue weighted by Gasteiger charge is -2.20. The summed E-state index contributed by atoms with van der Waals surface area (Å²) in [4.78, 5) is 11.6. The molecule has 3 N–H and O–H groups in total. The van der Waals surface area contributed by atoms with Crippen molar-refractivity contribution < 1.29 is 0 Å². The van der Waals surface area contributed by atoms with Gasteiger partial charge in [0.25, 0.3) is 0 Å². The number of likely N-dealkylation sites (tertiary alicyclic amines) is 1. The monoisotopic (exact) mass is 337 g/mol. The van der Waals surface area contributed by atoms with Crippen LogP contribution in [0.2, 0.25) is 0 Å². The first-order valence-corrected chi connectivity index (χ1v) is 9.41. The number of anilines is 2. The Kier molecular flexibility index (Phi) is 4.57. The maximum Gasteiger partial charge on any atom is 0.222 e. The minimum atomic E-state index is 0.357. The molecule has 0 bridgehead atoms. The van der Waals surface area contributed by atoms with Crippen LogP contribution in [-0.2, 0) is 12.8 Å². The number of aryl methyl sites for hydroxylation is 1. The quantitative estimate of drug-likeness (QED) is 0.897. The van der Waals surface area contributed by atoms with Crippen molar-refractivity contribution in [3.8, 4) is 11.3 Å². The molecule has 5 heteroatoms. The Morgan fingerprint density at radius 1 is 1.20 bits per heavy atom. The van der Waals surface area contributed by atoms with E-state index in [2.05, 4.69) is 51.5 Å². The Labute approximate surface area is 149 Å². The minimum Gasteiger partial charge on any atom is -0.370 e. The zero-order valence-electron chi connectivity index (χ0n) is 15.0. The van der Waals surface area contributed by atoms with Crippen molar-refractivity contribution >= 4 is 11.8 Å². The van der Waals surface area contributed by atoms with E-state index in [0.717, 1.165) is 43.7 Å². The van der Waals surface area contributed by atoms with E-state index in [0.29, 0.717) is 12.0 Å². The molecule has 5 nitrogen and oxygen atoms in total. The molecule has 0 amide bonds. The normalized spacial score (nSPS) is 20.0. The van der Waals surface area contributed by atoms with Crippen molar-refractivity contribution in [1.82, 2.24) is 14.9 Å². The molecular weight excluding hydrogens is 310 g/mol. The Balaban J connectivity index is 1.58. The fourth-order valence-electron chi connectivity index (χ4n) is 4.23. The van der Waals surface area contributed by atoms with Gasteiger partial charge in [0.15, 0.2) is 0 Å². The van der Waals surface area contributed by atoms with E-state index in [1.54, 1.807) is 0 Å². The highest BCUT2D eigenvalue weighted by atomic mass is 15.2. The summed E-state index contributed by atoms with van der Waals surface area (Å²) in [7, 11) is 2.23. The Morgan fingerprint density at radius 2 is 2.08 bits per heavy atom. The largest absolute Gasteiger partial charge is 0.370 e. The predicted octanol–water partition coefficient (Wildman–Crippen LogP) is 3.11. The number of nitrogen functional groups attached to an aromatic ring is 1. The topological polar surface area (TPSA) is 67.1 Å². The number of hydrogen-bond acceptors (Lipinski definition) is 5. The van der Waals surface area contributed by atoms with Gasteiger partial charge in [-0.2, -0.15) is 4.98 Å². The Morgan fingerprint density at radius 3 is 2.92 bits per heavy atom. The van der Waals surface area contributed by atoms with Crippen molar-refractivity contribution in [2.24, 2.45) is 0 Å². The van der Waals surface area contributed by atoms with Crippen molar-refractivity contribution in [2.75, 3.05) is 31.2 Å². The second kappa shape index (κ2) is 7.00. The fraction of sp³-hybridized carbons (Fsp3) is 0.500. The standard InChI is InChI=1S/C20H27N5/c1-25-13-5-8-15(25)11-12-22-19-17-10-4-7-14-6-2-3-9-16(14)18(17)23-20(21)24-19/h2-3,6,9,15H,4-5,7-8,10-13H2,1H3,(H3,21,22,23,24). The van der Waals surface area contributed by atoms with E-state index in [1.807, 2.05) is 0 Å². The molecule has 25 heavy (non-hydrogen) atoms. The molecule has 2 heterocycles. The van der Waals surface area contributed by atoms with Gasteiger partial charge < -0.3 is 16.0 Å². The average Bonchev–Trinajstić information content (AvgIpc) is 2.92. The van der Waals surface area contributed by atoms with Gasteiger partial charge in [-0.3, -0.25) is 0 Å². The molecule has 2 aliphatic rings. The van der Waals surface area contributed by atoms with E-state index in [-0.39, 0.29) is 0 Å². The first-order valence-electron chi connectivity index (χ1n) is 9.41. The molecule has 2 aromatic rings. The summed E-state index contributed by atoms with van der Waals surface area (Å²) in [6.07, 6.45) is 6.96. The van der Waals surface area contributed by atoms with Crippen LogP contribution in [-0.4, -0.2) is 41.0 Å². The Bertz CT molecular complexity index is 758. The van der Waals surface area contributed by atoms with Crippen LogP contribution in [0.15, 0.2) is 24.3 Å². The van der Waals surface area contributed by atoms with Gasteiger partial charge in [-0.25, -0.2) is 4.98 Å². The van der Waals surface area contributed by atoms with Crippen molar-refractivity contribution in [3.63, 3.8) is 0 Å². The second-order valence-electron chi connectivity index (χ2n) is 7.26. The number of rotatable bonds is 4. The van der Waals surface area contributed by atoms with Gasteiger partial charge in [0.2, 0.25) is 5.95 Å². The van der Waals surface area contributed by atoms with Crippen LogP contribution in [0.25, 0.3) is 11.3 Å². The smallest absolute Gasteiger partial charge is 0.222 e. The van der Waals surface area contributed by atoms with E-state index in [1.165, 1.54) is 36.1 Å². The molecular formula is C20H27N5. The number of aromatic nitrogens is 2. The van der Waals surface area contributed by atoms with Gasteiger partial charge in [0.05, 0.1) is 5.69 Å². The highest BCUT2D eigenvalue weighted by Crippen LogP contribution is 2.34. The summed E-state index contributed by atoms with van der Waals surface area (Å²) in [5.41, 5.74) is 10.8. The third-order valence-electron chi connectivity index (χ3n) is 5.61. The molecule has 1 aromatic carbocycles. The van der Waals surface area contributed by atoms with Gasteiger partial charge in [0.1, 0.15) is 5.82 Å². The van der Waals surface area contributed by atoms with Crippen molar-refractivity contribution in [3.05, 3.63) is 35.4 Å². The van der Waals surface area contributed by atoms with Gasteiger partial charge in [-0.05, 0) is 57.7 Å². The number of fused-ring (bicyclic) bond motifs is 3. The first kappa shape index (κ1) is 16.3. The first-order chi connectivity index (χ1) is 12.2. The molecule has 1 aromatic heterocycles. The molecule has 1 aliphatic carbocycles. The molecule has 132 valence electrons. The van der Waals surface area contributed by atoms with Crippen LogP contribution < -0.4 is 11.1 Å². The summed E-state index contributed by atoms with van der Waals surface area (Å²) in [5.74, 6) is 1.29. The number of benzene rings is 1. The van der Waals surface area contributed by atoms with E-state index in [9.17, 15) is 0 Å². The van der Waals surface area contributed by atoms with E-state index < -0.39 is 0 Å². The summed E-state index contributed by atoms with van der Waals surface area (Å²) < 4.78 is 0. The summed E-state index contributed by atoms with van der Waals surface area (Å²) >= 11 is 0. The van der Waals surface area contributed by atoms with Crippen LogP contribution in [0.5, 0.6) is 0 Å². The fourth-order valence-corrected chi connectivity index (χ4v) is 4.23. The van der Waals surface area contributed by atoms with Crippen LogP contribution >= 0.6 is 0 Å². The summed E-state index contributed by atoms with van der Waals surface area (Å²) in [5, 5.41) is 3.56. The molecule has 1 saturated heterocycles. The van der Waals surface area contributed by atoms with Gasteiger partial charge in [0, 0.05) is 23.7 Å². The minimum absolute atomic E-state index is 0.357. The maximum atomic E-state index is 6.04. The number of nitrogens with zero attached hydrogens (tertiary/aromatic N) is 3. The molecule has 1 aliphatic heterocycles. The van der Waals surface area contributed by atoms with E-state index in [4.69, 9.17) is 5.73 Å². The van der Waals surface area contributed by atoms with Gasteiger partial charge >= 0.3 is 0 Å². The highest BCUT2D eigenvalue weighted by molar-refractivity contribution is 5.73. The average molecular weight is 337 g/mol. The summed E-state index contributed by atoms with van der Waals surface area (Å²) in [6, 6.07) is 9.22. The Hall–Kier alpha value is -2.14. The van der Waals surface area contributed by atoms with Gasteiger partial charge in [-0.15, -0.1) is 0 Å². The number of nitrogens with two attached hydrogens (primary N) is 1. The van der Waals surface area contributed by atoms with Gasteiger partial charge in [-0.1, -0.05) is 24.3 Å². The second-order valence-corrected chi connectivity index (χ2v) is 7.26. The molecule has 1 fully saturated rings. The highest BCUT2D eigenvalue weighted by Gasteiger charge is 2.22. The molecule has 0 spiro atoms. The lowest BCUT2D eigenvalue weighted by atomic mass is 10.0. The zero-order valence-corrected chi connectivity index (χ0v) is 15.0. The third kappa shape index (κ3) is 3.33. The molecule has 0 radical (unpaired) electrons. The molecule has 1 atom stereocenters. The molecule has 1 unspecified atom stereocenters. The third-order valence-corrected chi connectivity index (χ3v) is 5.61. The molecule has 4 rings (SSSR count). The number of nitrogens with one attached hydrogen (secondary N) is 1. The zero-order chi connectivity index (χ0) is 17.2. The SMILES string of the molecule is CN1CCCC1CCNc1nc(N)nc2c1CCCc1ccccc1-2.